The first-order valence-corrected chi connectivity index (χ1v) is 5.00. The Morgan fingerprint density at radius 2 is 2.38 bits per heavy atom. The van der Waals surface area contributed by atoms with Gasteiger partial charge in [0.2, 0.25) is 0 Å². The van der Waals surface area contributed by atoms with Gasteiger partial charge in [-0.3, -0.25) is 0 Å². The Bertz CT molecular complexity index is 338. The predicted molar refractivity (Wildman–Crippen MR) is 48.4 cm³/mol. The van der Waals surface area contributed by atoms with Crippen LogP contribution in [-0.2, 0) is 5.60 Å². The maximum absolute atomic E-state index is 10.3. The second-order valence-corrected chi connectivity index (χ2v) is 4.55. The van der Waals surface area contributed by atoms with Crippen molar-refractivity contribution in [3.8, 4) is 0 Å². The third kappa shape index (κ3) is 0.819. The summed E-state index contributed by atoms with van der Waals surface area (Å²) in [5.74, 6) is 2.07. The molecule has 1 aromatic rings. The van der Waals surface area contributed by atoms with Crippen LogP contribution in [0.4, 0.5) is 0 Å². The van der Waals surface area contributed by atoms with Crippen LogP contribution in [0.5, 0.6) is 0 Å². The van der Waals surface area contributed by atoms with E-state index in [0.717, 1.165) is 24.2 Å². The molecule has 0 radical (unpaired) electrons. The molecule has 3 rings (SSSR count). The molecule has 13 heavy (non-hydrogen) atoms. The lowest BCUT2D eigenvalue weighted by Crippen LogP contribution is -2.33. The minimum absolute atomic E-state index is 0.447. The first-order chi connectivity index (χ1) is 6.19. The van der Waals surface area contributed by atoms with Crippen LogP contribution in [-0.4, -0.2) is 5.11 Å². The summed E-state index contributed by atoms with van der Waals surface area (Å²) in [4.78, 5) is 0. The van der Waals surface area contributed by atoms with E-state index < -0.39 is 5.60 Å². The molecule has 0 spiro atoms. The number of aliphatic hydroxyl groups is 1. The standard InChI is InChI=1S/C11H14O2/c1-11(12)8-3-2-7(6-8)10-9(11)4-5-13-10/h4-5,7-8,12H,2-3,6H2,1H3. The summed E-state index contributed by atoms with van der Waals surface area (Å²) < 4.78 is 5.46. The maximum atomic E-state index is 10.3. The van der Waals surface area contributed by atoms with Crippen molar-refractivity contribution in [2.45, 2.75) is 37.7 Å². The highest BCUT2D eigenvalue weighted by atomic mass is 16.3. The number of furan rings is 1. The molecule has 2 aliphatic rings. The molecule has 2 heteroatoms. The third-order valence-electron chi connectivity index (χ3n) is 3.84. The zero-order chi connectivity index (χ0) is 9.05. The van der Waals surface area contributed by atoms with E-state index >= 15 is 0 Å². The maximum Gasteiger partial charge on any atom is 0.112 e. The lowest BCUT2D eigenvalue weighted by Gasteiger charge is -2.33. The van der Waals surface area contributed by atoms with Crippen molar-refractivity contribution >= 4 is 0 Å². The Labute approximate surface area is 77.6 Å². The van der Waals surface area contributed by atoms with Gasteiger partial charge in [0, 0.05) is 11.5 Å². The van der Waals surface area contributed by atoms with Crippen LogP contribution in [0.25, 0.3) is 0 Å². The fraction of sp³-hybridized carbons (Fsp3) is 0.636. The SMILES string of the molecule is CC1(O)c2ccoc2C2CCC1C2. The fourth-order valence-corrected chi connectivity index (χ4v) is 3.01. The molecule has 1 saturated carbocycles. The zero-order valence-corrected chi connectivity index (χ0v) is 7.79. The molecule has 0 saturated heterocycles. The number of hydrogen-bond acceptors (Lipinski definition) is 2. The van der Waals surface area contributed by atoms with E-state index in [1.807, 2.05) is 13.0 Å². The monoisotopic (exact) mass is 178 g/mol. The lowest BCUT2D eigenvalue weighted by molar-refractivity contribution is -0.0115. The first kappa shape index (κ1) is 7.63. The zero-order valence-electron chi connectivity index (χ0n) is 7.79. The summed E-state index contributed by atoms with van der Waals surface area (Å²) in [5, 5.41) is 10.3. The van der Waals surface area contributed by atoms with Gasteiger partial charge in [0.25, 0.3) is 0 Å². The molecule has 3 unspecified atom stereocenters. The average molecular weight is 178 g/mol. The first-order valence-electron chi connectivity index (χ1n) is 5.00. The highest BCUT2D eigenvalue weighted by Gasteiger charge is 2.47. The molecule has 70 valence electrons. The topological polar surface area (TPSA) is 33.4 Å². The number of fused-ring (bicyclic) bond motifs is 4. The van der Waals surface area contributed by atoms with E-state index in [4.69, 9.17) is 4.42 Å². The van der Waals surface area contributed by atoms with Crippen molar-refractivity contribution in [3.05, 3.63) is 23.7 Å². The summed E-state index contributed by atoms with van der Waals surface area (Å²) >= 11 is 0. The minimum atomic E-state index is -0.644. The van der Waals surface area contributed by atoms with Gasteiger partial charge in [-0.25, -0.2) is 0 Å². The summed E-state index contributed by atoms with van der Waals surface area (Å²) in [6.45, 7) is 1.92. The van der Waals surface area contributed by atoms with Crippen LogP contribution in [0.3, 0.4) is 0 Å². The van der Waals surface area contributed by atoms with Gasteiger partial charge in [-0.15, -0.1) is 0 Å². The van der Waals surface area contributed by atoms with Gasteiger partial charge in [-0.05, 0) is 38.2 Å². The van der Waals surface area contributed by atoms with Crippen molar-refractivity contribution in [1.82, 2.24) is 0 Å². The van der Waals surface area contributed by atoms with E-state index in [0.29, 0.717) is 11.8 Å². The van der Waals surface area contributed by atoms with Crippen LogP contribution in [0.15, 0.2) is 16.7 Å². The van der Waals surface area contributed by atoms with Crippen molar-refractivity contribution < 1.29 is 9.52 Å². The molecular weight excluding hydrogens is 164 g/mol. The number of rotatable bonds is 0. The van der Waals surface area contributed by atoms with E-state index in [-0.39, 0.29) is 0 Å². The number of hydrogen-bond donors (Lipinski definition) is 1. The smallest absolute Gasteiger partial charge is 0.112 e. The van der Waals surface area contributed by atoms with Gasteiger partial charge in [-0.1, -0.05) is 0 Å². The third-order valence-corrected chi connectivity index (χ3v) is 3.84. The lowest BCUT2D eigenvalue weighted by atomic mass is 9.76. The van der Waals surface area contributed by atoms with Crippen LogP contribution in [0, 0.1) is 5.92 Å². The van der Waals surface area contributed by atoms with Gasteiger partial charge >= 0.3 is 0 Å². The summed E-state index contributed by atoms with van der Waals surface area (Å²) in [6, 6.07) is 1.93. The molecule has 1 N–H and O–H groups in total. The van der Waals surface area contributed by atoms with Crippen LogP contribution < -0.4 is 0 Å². The van der Waals surface area contributed by atoms with Gasteiger partial charge in [0.1, 0.15) is 5.76 Å². The minimum Gasteiger partial charge on any atom is -0.469 e. The van der Waals surface area contributed by atoms with E-state index in [2.05, 4.69) is 0 Å². The van der Waals surface area contributed by atoms with Crippen LogP contribution >= 0.6 is 0 Å². The molecule has 3 atom stereocenters. The Hall–Kier alpha value is -0.760. The molecule has 2 bridgehead atoms. The molecule has 0 amide bonds. The largest absolute Gasteiger partial charge is 0.469 e. The van der Waals surface area contributed by atoms with Crippen molar-refractivity contribution in [3.63, 3.8) is 0 Å². The molecule has 2 aliphatic carbocycles. The highest BCUT2D eigenvalue weighted by molar-refractivity contribution is 5.33. The molecule has 0 aromatic carbocycles. The normalized spacial score (nSPS) is 42.0. The summed E-state index contributed by atoms with van der Waals surface area (Å²) in [5.41, 5.74) is 0.390. The molecular formula is C11H14O2. The average Bonchev–Trinajstić information content (AvgIpc) is 2.70. The van der Waals surface area contributed by atoms with Crippen molar-refractivity contribution in [1.29, 1.82) is 0 Å². The van der Waals surface area contributed by atoms with Gasteiger partial charge < -0.3 is 9.52 Å². The van der Waals surface area contributed by atoms with Gasteiger partial charge in [0.15, 0.2) is 0 Å². The quantitative estimate of drug-likeness (QED) is 0.661. The van der Waals surface area contributed by atoms with Gasteiger partial charge in [-0.2, -0.15) is 0 Å². The second kappa shape index (κ2) is 2.18. The summed E-state index contributed by atoms with van der Waals surface area (Å²) in [7, 11) is 0. The Morgan fingerprint density at radius 1 is 1.54 bits per heavy atom. The Balaban J connectivity index is 2.21. The second-order valence-electron chi connectivity index (χ2n) is 4.55. The van der Waals surface area contributed by atoms with Crippen molar-refractivity contribution in [2.24, 2.45) is 5.92 Å². The molecule has 2 nitrogen and oxygen atoms in total. The Kier molecular flexibility index (Phi) is 1.28. The predicted octanol–water partition coefficient (Wildman–Crippen LogP) is 2.38. The van der Waals surface area contributed by atoms with E-state index in [1.54, 1.807) is 6.26 Å². The van der Waals surface area contributed by atoms with Crippen LogP contribution in [0.1, 0.15) is 43.4 Å². The van der Waals surface area contributed by atoms with Crippen LogP contribution in [0.2, 0.25) is 0 Å². The molecule has 1 aromatic heterocycles. The van der Waals surface area contributed by atoms with E-state index in [1.165, 1.54) is 6.42 Å². The highest BCUT2D eigenvalue weighted by Crippen LogP contribution is 2.53. The van der Waals surface area contributed by atoms with E-state index in [9.17, 15) is 5.11 Å². The summed E-state index contributed by atoms with van der Waals surface area (Å²) in [6.07, 6.45) is 5.14. The molecule has 1 fully saturated rings. The Morgan fingerprint density at radius 3 is 3.23 bits per heavy atom. The van der Waals surface area contributed by atoms with Gasteiger partial charge in [0.05, 0.1) is 11.9 Å². The van der Waals surface area contributed by atoms with Crippen molar-refractivity contribution in [2.75, 3.05) is 0 Å². The molecule has 0 aliphatic heterocycles. The fourth-order valence-electron chi connectivity index (χ4n) is 3.01. The molecule has 1 heterocycles.